The number of alkyl halides is 3. The van der Waals surface area contributed by atoms with E-state index in [0.717, 1.165) is 12.1 Å². The minimum atomic E-state index is -4.36. The Balaban J connectivity index is 1.70. The molecule has 0 atom stereocenters. The normalized spacial score (nSPS) is 16.7. The van der Waals surface area contributed by atoms with E-state index in [1.54, 1.807) is 31.2 Å². The molecule has 26 heavy (non-hydrogen) atoms. The van der Waals surface area contributed by atoms with Crippen LogP contribution in [0.3, 0.4) is 0 Å². The molecule has 1 saturated heterocycles. The van der Waals surface area contributed by atoms with Gasteiger partial charge in [-0.3, -0.25) is 0 Å². The van der Waals surface area contributed by atoms with Crippen LogP contribution in [0, 0.1) is 6.92 Å². The largest absolute Gasteiger partial charge is 0.416 e. The average Bonchev–Trinajstić information content (AvgIpc) is 2.61. The molecule has 8 heteroatoms. The summed E-state index contributed by atoms with van der Waals surface area (Å²) in [6.45, 7) is 3.19. The van der Waals surface area contributed by atoms with E-state index in [0.29, 0.717) is 29.2 Å². The maximum atomic E-state index is 12.8. The van der Waals surface area contributed by atoms with Crippen molar-refractivity contribution in [3.63, 3.8) is 0 Å². The summed E-state index contributed by atoms with van der Waals surface area (Å²) in [5.74, 6) is 0. The van der Waals surface area contributed by atoms with Crippen molar-refractivity contribution in [3.05, 3.63) is 59.7 Å². The van der Waals surface area contributed by atoms with E-state index in [2.05, 4.69) is 0 Å². The maximum absolute atomic E-state index is 12.8. The first-order chi connectivity index (χ1) is 12.2. The molecule has 0 aliphatic carbocycles. The summed E-state index contributed by atoms with van der Waals surface area (Å²) in [6, 6.07) is 11.8. The van der Waals surface area contributed by atoms with Crippen molar-refractivity contribution in [3.8, 4) is 0 Å². The van der Waals surface area contributed by atoms with Crippen LogP contribution in [0.1, 0.15) is 11.1 Å². The number of anilines is 1. The van der Waals surface area contributed by atoms with E-state index < -0.39 is 21.8 Å². The summed E-state index contributed by atoms with van der Waals surface area (Å²) < 4.78 is 65.0. The fraction of sp³-hybridized carbons (Fsp3) is 0.333. The van der Waals surface area contributed by atoms with Gasteiger partial charge in [-0.1, -0.05) is 18.2 Å². The summed E-state index contributed by atoms with van der Waals surface area (Å²) in [4.78, 5) is 2.19. The number of halogens is 3. The second-order valence-electron chi connectivity index (χ2n) is 6.20. The molecule has 0 N–H and O–H groups in total. The van der Waals surface area contributed by atoms with Crippen molar-refractivity contribution in [1.82, 2.24) is 4.31 Å². The van der Waals surface area contributed by atoms with Gasteiger partial charge in [-0.25, -0.2) is 8.42 Å². The zero-order valence-corrected chi connectivity index (χ0v) is 15.0. The second kappa shape index (κ2) is 6.92. The molecule has 0 radical (unpaired) electrons. The predicted molar refractivity (Wildman–Crippen MR) is 93.6 cm³/mol. The lowest BCUT2D eigenvalue weighted by atomic mass is 10.2. The van der Waals surface area contributed by atoms with Crippen LogP contribution in [0.2, 0.25) is 0 Å². The predicted octanol–water partition coefficient (Wildman–Crippen LogP) is 3.52. The Hall–Kier alpha value is -2.06. The quantitative estimate of drug-likeness (QED) is 0.813. The second-order valence-corrected chi connectivity index (χ2v) is 8.11. The van der Waals surface area contributed by atoms with Gasteiger partial charge in [-0.2, -0.15) is 17.5 Å². The molecule has 1 aliphatic heterocycles. The van der Waals surface area contributed by atoms with Gasteiger partial charge in [0.15, 0.2) is 0 Å². The molecule has 0 saturated carbocycles. The van der Waals surface area contributed by atoms with Crippen LogP contribution in [0.4, 0.5) is 18.9 Å². The van der Waals surface area contributed by atoms with E-state index in [4.69, 9.17) is 0 Å². The van der Waals surface area contributed by atoms with Crippen molar-refractivity contribution < 1.29 is 21.6 Å². The Morgan fingerprint density at radius 3 is 2.00 bits per heavy atom. The number of nitrogens with zero attached hydrogens (tertiary/aromatic N) is 2. The number of hydrogen-bond acceptors (Lipinski definition) is 3. The first-order valence-corrected chi connectivity index (χ1v) is 9.61. The first kappa shape index (κ1) is 18.7. The number of hydrogen-bond donors (Lipinski definition) is 0. The number of rotatable bonds is 3. The molecule has 2 aromatic carbocycles. The van der Waals surface area contributed by atoms with Crippen molar-refractivity contribution >= 4 is 15.7 Å². The van der Waals surface area contributed by atoms with E-state index in [9.17, 15) is 21.6 Å². The van der Waals surface area contributed by atoms with Crippen LogP contribution in [-0.4, -0.2) is 38.9 Å². The topological polar surface area (TPSA) is 40.6 Å². The summed E-state index contributed by atoms with van der Waals surface area (Å²) in [6.07, 6.45) is -4.36. The van der Waals surface area contributed by atoms with E-state index >= 15 is 0 Å². The molecule has 0 unspecified atom stereocenters. The standard InChI is InChI=1S/C18H19F3N2O2S/c1-14-4-2-3-5-17(14)26(24,25)23-12-10-22(11-13-23)16-8-6-15(7-9-16)18(19,20)21/h2-9H,10-13H2,1H3. The fourth-order valence-electron chi connectivity index (χ4n) is 3.03. The summed E-state index contributed by atoms with van der Waals surface area (Å²) >= 11 is 0. The van der Waals surface area contributed by atoms with Gasteiger partial charge >= 0.3 is 6.18 Å². The molecule has 1 aliphatic rings. The first-order valence-electron chi connectivity index (χ1n) is 8.17. The van der Waals surface area contributed by atoms with E-state index in [1.807, 2.05) is 4.90 Å². The summed E-state index contributed by atoms with van der Waals surface area (Å²) in [7, 11) is -3.57. The SMILES string of the molecule is Cc1ccccc1S(=O)(=O)N1CCN(c2ccc(C(F)(F)F)cc2)CC1. The molecule has 0 bridgehead atoms. The van der Waals surface area contributed by atoms with Gasteiger partial charge in [-0.15, -0.1) is 0 Å². The number of aryl methyl sites for hydroxylation is 1. The highest BCUT2D eigenvalue weighted by Gasteiger charge is 2.31. The molecule has 4 nitrogen and oxygen atoms in total. The highest BCUT2D eigenvalue weighted by atomic mass is 32.2. The Morgan fingerprint density at radius 2 is 1.46 bits per heavy atom. The van der Waals surface area contributed by atoms with Crippen LogP contribution in [-0.2, 0) is 16.2 Å². The zero-order valence-electron chi connectivity index (χ0n) is 14.2. The molecule has 140 valence electrons. The zero-order chi connectivity index (χ0) is 18.9. The smallest absolute Gasteiger partial charge is 0.369 e. The molecule has 0 aromatic heterocycles. The van der Waals surface area contributed by atoms with Crippen LogP contribution in [0.25, 0.3) is 0 Å². The lowest BCUT2D eigenvalue weighted by molar-refractivity contribution is -0.137. The highest BCUT2D eigenvalue weighted by Crippen LogP contribution is 2.31. The lowest BCUT2D eigenvalue weighted by Gasteiger charge is -2.35. The van der Waals surface area contributed by atoms with E-state index in [-0.39, 0.29) is 13.1 Å². The third kappa shape index (κ3) is 3.71. The average molecular weight is 384 g/mol. The minimum Gasteiger partial charge on any atom is -0.369 e. The number of benzene rings is 2. The summed E-state index contributed by atoms with van der Waals surface area (Å²) in [5, 5.41) is 0. The van der Waals surface area contributed by atoms with Gasteiger partial charge < -0.3 is 4.90 Å². The number of sulfonamides is 1. The van der Waals surface area contributed by atoms with Crippen LogP contribution in [0.5, 0.6) is 0 Å². The van der Waals surface area contributed by atoms with Gasteiger partial charge in [0.2, 0.25) is 10.0 Å². The van der Waals surface area contributed by atoms with Gasteiger partial charge in [0, 0.05) is 31.9 Å². The molecule has 3 rings (SSSR count). The molecule has 1 heterocycles. The van der Waals surface area contributed by atoms with Crippen molar-refractivity contribution in [2.75, 3.05) is 31.1 Å². The van der Waals surface area contributed by atoms with Gasteiger partial charge in [0.1, 0.15) is 0 Å². The van der Waals surface area contributed by atoms with Gasteiger partial charge in [0.05, 0.1) is 10.5 Å². The fourth-order valence-corrected chi connectivity index (χ4v) is 4.68. The third-order valence-electron chi connectivity index (χ3n) is 4.51. The molecule has 0 amide bonds. The molecular formula is C18H19F3N2O2S. The van der Waals surface area contributed by atoms with Crippen LogP contribution < -0.4 is 4.90 Å². The lowest BCUT2D eigenvalue weighted by Crippen LogP contribution is -2.48. The monoisotopic (exact) mass is 384 g/mol. The minimum absolute atomic E-state index is 0.289. The van der Waals surface area contributed by atoms with Crippen molar-refractivity contribution in [2.45, 2.75) is 18.0 Å². The Bertz CT molecular complexity index is 872. The molecule has 2 aromatic rings. The Morgan fingerprint density at radius 1 is 0.885 bits per heavy atom. The van der Waals surface area contributed by atoms with Crippen molar-refractivity contribution in [1.29, 1.82) is 0 Å². The van der Waals surface area contributed by atoms with Crippen molar-refractivity contribution in [2.24, 2.45) is 0 Å². The van der Waals surface area contributed by atoms with Gasteiger partial charge in [0.25, 0.3) is 0 Å². The summed E-state index contributed by atoms with van der Waals surface area (Å²) in [5.41, 5.74) is 0.658. The Labute approximate surface area is 150 Å². The molecule has 0 spiro atoms. The third-order valence-corrected chi connectivity index (χ3v) is 6.57. The van der Waals surface area contributed by atoms with Crippen LogP contribution >= 0.6 is 0 Å². The Kier molecular flexibility index (Phi) is 4.98. The highest BCUT2D eigenvalue weighted by molar-refractivity contribution is 7.89. The number of piperazine rings is 1. The molecule has 1 fully saturated rings. The van der Waals surface area contributed by atoms with Crippen LogP contribution in [0.15, 0.2) is 53.4 Å². The maximum Gasteiger partial charge on any atom is 0.416 e. The molecular weight excluding hydrogens is 365 g/mol. The van der Waals surface area contributed by atoms with E-state index in [1.165, 1.54) is 16.4 Å². The van der Waals surface area contributed by atoms with Gasteiger partial charge in [-0.05, 0) is 42.8 Å².